The number of phenolic OH excluding ortho intramolecular Hbond substituents is 1. The van der Waals surface area contributed by atoms with Crippen molar-refractivity contribution in [3.8, 4) is 17.0 Å². The van der Waals surface area contributed by atoms with Crippen LogP contribution in [0.4, 0.5) is 19.0 Å². The van der Waals surface area contributed by atoms with Crippen LogP contribution < -0.4 is 4.90 Å². The predicted octanol–water partition coefficient (Wildman–Crippen LogP) is 3.45. The van der Waals surface area contributed by atoms with Crippen molar-refractivity contribution in [3.05, 3.63) is 34.9 Å². The van der Waals surface area contributed by atoms with Crippen LogP contribution in [0.15, 0.2) is 18.2 Å². The number of nitrogens with zero attached hydrogens (tertiary/aromatic N) is 3. The van der Waals surface area contributed by atoms with E-state index >= 15 is 0 Å². The van der Waals surface area contributed by atoms with E-state index < -0.39 is 17.5 Å². The minimum atomic E-state index is -4.52. The molecule has 0 spiro atoms. The maximum atomic E-state index is 12.9. The van der Waals surface area contributed by atoms with Crippen molar-refractivity contribution in [2.24, 2.45) is 0 Å². The van der Waals surface area contributed by atoms with E-state index in [-0.39, 0.29) is 23.3 Å². The monoisotopic (exact) mass is 379 g/mol. The number of hydrogen-bond donors (Lipinski definition) is 2. The van der Waals surface area contributed by atoms with Gasteiger partial charge in [-0.3, -0.25) is 0 Å². The third-order valence-corrected chi connectivity index (χ3v) is 5.49. The number of benzene rings is 1. The second-order valence-corrected chi connectivity index (χ2v) is 7.27. The summed E-state index contributed by atoms with van der Waals surface area (Å²) >= 11 is 0. The average molecular weight is 379 g/mol. The molecule has 2 atom stereocenters. The second kappa shape index (κ2) is 6.37. The largest absolute Gasteiger partial charge is 0.507 e. The molecule has 2 aromatic rings. The summed E-state index contributed by atoms with van der Waals surface area (Å²) in [5.41, 5.74) is 0.941. The highest BCUT2D eigenvalue weighted by Gasteiger charge is 2.36. The highest BCUT2D eigenvalue weighted by molar-refractivity contribution is 5.73. The van der Waals surface area contributed by atoms with Gasteiger partial charge in [-0.15, -0.1) is 10.2 Å². The number of aromatic nitrogens is 2. The number of phenols is 1. The van der Waals surface area contributed by atoms with E-state index in [1.807, 2.05) is 0 Å². The molecule has 1 aromatic heterocycles. The molecule has 5 nitrogen and oxygen atoms in total. The van der Waals surface area contributed by atoms with Crippen molar-refractivity contribution >= 4 is 5.82 Å². The van der Waals surface area contributed by atoms with Crippen LogP contribution in [-0.4, -0.2) is 39.1 Å². The predicted molar refractivity (Wildman–Crippen MR) is 93.6 cm³/mol. The van der Waals surface area contributed by atoms with Crippen molar-refractivity contribution in [2.75, 3.05) is 11.4 Å². The lowest BCUT2D eigenvalue weighted by atomic mass is 9.99. The lowest BCUT2D eigenvalue weighted by Crippen LogP contribution is -2.39. The first kappa shape index (κ1) is 18.0. The molecule has 1 aliphatic heterocycles. The SMILES string of the molecule is Cc1cc(C(F)(F)F)cc(O)c1-c1cc2c(nn1)N([C@@H]1CCC[C@H]1O)CC2. The Kier molecular flexibility index (Phi) is 4.25. The summed E-state index contributed by atoms with van der Waals surface area (Å²) in [5, 5.41) is 28.8. The smallest absolute Gasteiger partial charge is 0.416 e. The number of rotatable bonds is 2. The van der Waals surface area contributed by atoms with Crippen LogP contribution in [0.25, 0.3) is 11.3 Å². The third kappa shape index (κ3) is 3.12. The summed E-state index contributed by atoms with van der Waals surface area (Å²) in [7, 11) is 0. The number of fused-ring (bicyclic) bond motifs is 1. The third-order valence-electron chi connectivity index (χ3n) is 5.49. The minimum Gasteiger partial charge on any atom is -0.507 e. The van der Waals surface area contributed by atoms with E-state index in [0.29, 0.717) is 11.5 Å². The second-order valence-electron chi connectivity index (χ2n) is 7.27. The van der Waals surface area contributed by atoms with Crippen LogP contribution in [0, 0.1) is 6.92 Å². The highest BCUT2D eigenvalue weighted by atomic mass is 19.4. The van der Waals surface area contributed by atoms with Crippen molar-refractivity contribution < 1.29 is 23.4 Å². The zero-order chi connectivity index (χ0) is 19.3. The summed E-state index contributed by atoms with van der Waals surface area (Å²) in [6.45, 7) is 2.24. The average Bonchev–Trinajstić information content (AvgIpc) is 3.18. The summed E-state index contributed by atoms with van der Waals surface area (Å²) in [6.07, 6.45) is -1.52. The van der Waals surface area contributed by atoms with Gasteiger partial charge in [-0.05, 0) is 56.4 Å². The Hall–Kier alpha value is -2.35. The van der Waals surface area contributed by atoms with Crippen molar-refractivity contribution in [1.82, 2.24) is 10.2 Å². The molecule has 2 heterocycles. The summed E-state index contributed by atoms with van der Waals surface area (Å²) in [6, 6.07) is 3.54. The molecule has 4 rings (SSSR count). The van der Waals surface area contributed by atoms with Crippen LogP contribution >= 0.6 is 0 Å². The van der Waals surface area contributed by atoms with Gasteiger partial charge in [0.15, 0.2) is 5.82 Å². The molecule has 0 radical (unpaired) electrons. The Morgan fingerprint density at radius 2 is 1.93 bits per heavy atom. The molecule has 1 aliphatic carbocycles. The number of hydrogen-bond acceptors (Lipinski definition) is 5. The van der Waals surface area contributed by atoms with Gasteiger partial charge in [0, 0.05) is 17.7 Å². The lowest BCUT2D eigenvalue weighted by molar-refractivity contribution is -0.137. The fourth-order valence-electron chi connectivity index (χ4n) is 4.19. The van der Waals surface area contributed by atoms with Gasteiger partial charge < -0.3 is 15.1 Å². The lowest BCUT2D eigenvalue weighted by Gasteiger charge is -2.28. The molecular formula is C19H20F3N3O2. The fourth-order valence-corrected chi connectivity index (χ4v) is 4.19. The van der Waals surface area contributed by atoms with Gasteiger partial charge in [0.05, 0.1) is 23.4 Å². The maximum Gasteiger partial charge on any atom is 0.416 e. The van der Waals surface area contributed by atoms with E-state index in [4.69, 9.17) is 0 Å². The van der Waals surface area contributed by atoms with Crippen LogP contribution in [0.5, 0.6) is 5.75 Å². The summed E-state index contributed by atoms with van der Waals surface area (Å²) in [5.74, 6) is 0.256. The van der Waals surface area contributed by atoms with E-state index in [9.17, 15) is 23.4 Å². The minimum absolute atomic E-state index is 0.0348. The Morgan fingerprint density at radius 3 is 2.56 bits per heavy atom. The Balaban J connectivity index is 1.69. The van der Waals surface area contributed by atoms with Gasteiger partial charge in [0.1, 0.15) is 5.75 Å². The fraction of sp³-hybridized carbons (Fsp3) is 0.474. The number of aliphatic hydroxyl groups excluding tert-OH is 1. The number of anilines is 1. The Labute approximate surface area is 154 Å². The zero-order valence-electron chi connectivity index (χ0n) is 14.8. The first-order valence-corrected chi connectivity index (χ1v) is 8.98. The molecule has 144 valence electrons. The molecule has 1 aromatic carbocycles. The maximum absolute atomic E-state index is 12.9. The molecular weight excluding hydrogens is 359 g/mol. The molecule has 0 amide bonds. The topological polar surface area (TPSA) is 69.5 Å². The quantitative estimate of drug-likeness (QED) is 0.837. The Bertz CT molecular complexity index is 862. The first-order valence-electron chi connectivity index (χ1n) is 8.98. The molecule has 2 N–H and O–H groups in total. The van der Waals surface area contributed by atoms with Crippen LogP contribution in [0.1, 0.15) is 36.0 Å². The van der Waals surface area contributed by atoms with Gasteiger partial charge in [0.2, 0.25) is 0 Å². The molecule has 0 unspecified atom stereocenters. The molecule has 0 bridgehead atoms. The molecule has 2 aliphatic rings. The molecule has 1 saturated carbocycles. The Morgan fingerprint density at radius 1 is 1.15 bits per heavy atom. The molecule has 1 fully saturated rings. The number of aromatic hydroxyl groups is 1. The molecule has 27 heavy (non-hydrogen) atoms. The zero-order valence-corrected chi connectivity index (χ0v) is 14.8. The van der Waals surface area contributed by atoms with E-state index in [1.54, 1.807) is 6.07 Å². The number of alkyl halides is 3. The van der Waals surface area contributed by atoms with Crippen LogP contribution in [-0.2, 0) is 12.6 Å². The first-order chi connectivity index (χ1) is 12.8. The van der Waals surface area contributed by atoms with Gasteiger partial charge in [-0.1, -0.05) is 0 Å². The number of halogens is 3. The highest BCUT2D eigenvalue weighted by Crippen LogP contribution is 2.40. The number of aliphatic hydroxyl groups is 1. The van der Waals surface area contributed by atoms with E-state index in [1.165, 1.54) is 6.92 Å². The molecule has 8 heteroatoms. The summed E-state index contributed by atoms with van der Waals surface area (Å²) in [4.78, 5) is 2.07. The van der Waals surface area contributed by atoms with Crippen molar-refractivity contribution in [2.45, 2.75) is 50.9 Å². The van der Waals surface area contributed by atoms with E-state index in [0.717, 1.165) is 49.9 Å². The van der Waals surface area contributed by atoms with E-state index in [2.05, 4.69) is 15.1 Å². The van der Waals surface area contributed by atoms with Crippen LogP contribution in [0.3, 0.4) is 0 Å². The van der Waals surface area contributed by atoms with Gasteiger partial charge in [-0.2, -0.15) is 13.2 Å². The van der Waals surface area contributed by atoms with Crippen LogP contribution in [0.2, 0.25) is 0 Å². The standard InChI is InChI=1S/C19H20F3N3O2/c1-10-7-12(19(20,21)22)9-16(27)17(10)13-8-11-5-6-25(18(11)24-23-13)14-3-2-4-15(14)26/h7-9,14-15,26-27H,2-6H2,1H3/t14-,15-/m1/s1. The van der Waals surface area contributed by atoms with Gasteiger partial charge in [0.25, 0.3) is 0 Å². The number of aryl methyl sites for hydroxylation is 1. The van der Waals surface area contributed by atoms with Crippen molar-refractivity contribution in [1.29, 1.82) is 0 Å². The van der Waals surface area contributed by atoms with Gasteiger partial charge >= 0.3 is 6.18 Å². The molecule has 0 saturated heterocycles. The van der Waals surface area contributed by atoms with Gasteiger partial charge in [-0.25, -0.2) is 0 Å². The normalized spacial score (nSPS) is 22.3. The van der Waals surface area contributed by atoms with Crippen molar-refractivity contribution in [3.63, 3.8) is 0 Å². The summed E-state index contributed by atoms with van der Waals surface area (Å²) < 4.78 is 38.8.